The van der Waals surface area contributed by atoms with Crippen molar-refractivity contribution in [2.24, 2.45) is 0 Å². The van der Waals surface area contributed by atoms with Crippen LogP contribution in [0.15, 0.2) is 42.0 Å². The van der Waals surface area contributed by atoms with E-state index in [-0.39, 0.29) is 5.56 Å². The summed E-state index contributed by atoms with van der Waals surface area (Å²) < 4.78 is 0. The van der Waals surface area contributed by atoms with E-state index in [1.165, 1.54) is 5.57 Å². The average Bonchev–Trinajstić information content (AvgIpc) is 2.37. The van der Waals surface area contributed by atoms with Gasteiger partial charge in [0.05, 0.1) is 11.1 Å². The van der Waals surface area contributed by atoms with E-state index in [0.29, 0.717) is 17.4 Å². The zero-order chi connectivity index (χ0) is 13.8. The van der Waals surface area contributed by atoms with Crippen LogP contribution in [0, 0.1) is 0 Å². The van der Waals surface area contributed by atoms with Crippen molar-refractivity contribution >= 4 is 22.7 Å². The van der Waals surface area contributed by atoms with Crippen molar-refractivity contribution in [2.45, 2.75) is 13.8 Å². The van der Waals surface area contributed by atoms with Crippen molar-refractivity contribution < 1.29 is 9.90 Å². The predicted octanol–water partition coefficient (Wildman–Crippen LogP) is 3.31. The molecule has 1 heterocycles. The van der Waals surface area contributed by atoms with Gasteiger partial charge in [-0.25, -0.2) is 9.78 Å². The molecule has 2 rings (SSSR count). The number of anilines is 1. The van der Waals surface area contributed by atoms with Crippen LogP contribution in [-0.4, -0.2) is 22.6 Å². The first-order valence-electron chi connectivity index (χ1n) is 6.08. The van der Waals surface area contributed by atoms with Crippen LogP contribution in [0.3, 0.4) is 0 Å². The number of aromatic nitrogens is 1. The molecule has 4 heteroatoms. The minimum absolute atomic E-state index is 0.279. The van der Waals surface area contributed by atoms with Gasteiger partial charge >= 0.3 is 5.97 Å². The first-order valence-corrected chi connectivity index (χ1v) is 6.08. The van der Waals surface area contributed by atoms with Crippen molar-refractivity contribution in [3.63, 3.8) is 0 Å². The molecule has 98 valence electrons. The fourth-order valence-electron chi connectivity index (χ4n) is 1.80. The third-order valence-corrected chi connectivity index (χ3v) is 2.76. The van der Waals surface area contributed by atoms with Gasteiger partial charge in [-0.1, -0.05) is 17.7 Å². The second-order valence-electron chi connectivity index (χ2n) is 4.54. The van der Waals surface area contributed by atoms with E-state index < -0.39 is 5.97 Å². The molecule has 0 spiro atoms. The van der Waals surface area contributed by atoms with E-state index >= 15 is 0 Å². The second kappa shape index (κ2) is 5.52. The molecule has 0 aliphatic rings. The first-order chi connectivity index (χ1) is 9.08. The smallest absolute Gasteiger partial charge is 0.336 e. The summed E-state index contributed by atoms with van der Waals surface area (Å²) in [7, 11) is 0. The average molecular weight is 256 g/mol. The second-order valence-corrected chi connectivity index (χ2v) is 4.54. The molecule has 1 aromatic heterocycles. The molecule has 0 bridgehead atoms. The van der Waals surface area contributed by atoms with Crippen molar-refractivity contribution in [3.05, 3.63) is 47.5 Å². The highest BCUT2D eigenvalue weighted by molar-refractivity contribution is 6.02. The third kappa shape index (κ3) is 3.10. The van der Waals surface area contributed by atoms with Crippen LogP contribution in [0.1, 0.15) is 24.2 Å². The van der Waals surface area contributed by atoms with Crippen LogP contribution in [0.5, 0.6) is 0 Å². The van der Waals surface area contributed by atoms with Crippen LogP contribution in [0.25, 0.3) is 10.9 Å². The summed E-state index contributed by atoms with van der Waals surface area (Å²) in [4.78, 5) is 15.5. The number of hydrogen-bond acceptors (Lipinski definition) is 3. The highest BCUT2D eigenvalue weighted by Gasteiger charge is 2.08. The van der Waals surface area contributed by atoms with Gasteiger partial charge in [-0.3, -0.25) is 0 Å². The van der Waals surface area contributed by atoms with Crippen molar-refractivity contribution in [3.8, 4) is 0 Å². The van der Waals surface area contributed by atoms with E-state index in [2.05, 4.69) is 16.4 Å². The fourth-order valence-corrected chi connectivity index (χ4v) is 1.80. The summed E-state index contributed by atoms with van der Waals surface area (Å²) in [6.45, 7) is 4.78. The molecule has 4 nitrogen and oxygen atoms in total. The Balaban J connectivity index is 2.31. The number of carboxylic acids is 1. The van der Waals surface area contributed by atoms with E-state index in [4.69, 9.17) is 5.11 Å². The van der Waals surface area contributed by atoms with Crippen LogP contribution >= 0.6 is 0 Å². The van der Waals surface area contributed by atoms with Gasteiger partial charge in [0.1, 0.15) is 5.82 Å². The molecule has 0 atom stereocenters. The van der Waals surface area contributed by atoms with Gasteiger partial charge in [0, 0.05) is 11.9 Å². The standard InChI is InChI=1S/C15H16N2O2/c1-10(2)8-9-16-14-7-6-11-12(15(18)19)4-3-5-13(11)17-14/h3-8H,9H2,1-2H3,(H,16,17)(H,18,19). The number of nitrogens with one attached hydrogen (secondary N) is 1. The normalized spacial score (nSPS) is 10.2. The lowest BCUT2D eigenvalue weighted by atomic mass is 10.1. The summed E-state index contributed by atoms with van der Waals surface area (Å²) in [5, 5.41) is 12.9. The van der Waals surface area contributed by atoms with Crippen LogP contribution in [0.4, 0.5) is 5.82 Å². The number of aromatic carboxylic acids is 1. The predicted molar refractivity (Wildman–Crippen MR) is 76.6 cm³/mol. The summed E-state index contributed by atoms with van der Waals surface area (Å²) >= 11 is 0. The lowest BCUT2D eigenvalue weighted by Gasteiger charge is -2.06. The number of pyridine rings is 1. The molecule has 2 aromatic rings. The lowest BCUT2D eigenvalue weighted by Crippen LogP contribution is -2.02. The first kappa shape index (κ1) is 13.1. The Morgan fingerprint density at radius 3 is 2.79 bits per heavy atom. The van der Waals surface area contributed by atoms with Crippen LogP contribution in [-0.2, 0) is 0 Å². The van der Waals surface area contributed by atoms with Crippen LogP contribution in [0.2, 0.25) is 0 Å². The number of carboxylic acid groups (broad SMARTS) is 1. The number of nitrogens with zero attached hydrogens (tertiary/aromatic N) is 1. The fraction of sp³-hybridized carbons (Fsp3) is 0.200. The Bertz CT molecular complexity index is 644. The zero-order valence-corrected chi connectivity index (χ0v) is 11.0. The van der Waals surface area contributed by atoms with E-state index in [9.17, 15) is 4.79 Å². The van der Waals surface area contributed by atoms with E-state index in [1.54, 1.807) is 24.3 Å². The molecule has 0 fully saturated rings. The maximum atomic E-state index is 11.1. The quantitative estimate of drug-likeness (QED) is 0.824. The Kier molecular flexibility index (Phi) is 3.80. The van der Waals surface area contributed by atoms with Crippen molar-refractivity contribution in [2.75, 3.05) is 11.9 Å². The molecule has 0 saturated carbocycles. The van der Waals surface area contributed by atoms with Gasteiger partial charge in [-0.2, -0.15) is 0 Å². The Morgan fingerprint density at radius 1 is 1.32 bits per heavy atom. The van der Waals surface area contributed by atoms with Gasteiger partial charge in [-0.15, -0.1) is 0 Å². The number of allylic oxidation sites excluding steroid dienone is 1. The molecule has 2 N–H and O–H groups in total. The third-order valence-electron chi connectivity index (χ3n) is 2.76. The maximum Gasteiger partial charge on any atom is 0.336 e. The van der Waals surface area contributed by atoms with Gasteiger partial charge in [-0.05, 0) is 38.1 Å². The molecular formula is C15H16N2O2. The number of hydrogen-bond donors (Lipinski definition) is 2. The molecule has 0 saturated heterocycles. The number of rotatable bonds is 4. The number of benzene rings is 1. The van der Waals surface area contributed by atoms with Crippen molar-refractivity contribution in [1.82, 2.24) is 4.98 Å². The van der Waals surface area contributed by atoms with Gasteiger partial charge < -0.3 is 10.4 Å². The Labute approximate surface area is 111 Å². The topological polar surface area (TPSA) is 62.2 Å². The number of carbonyl (C=O) groups is 1. The van der Waals surface area contributed by atoms with Gasteiger partial charge in [0.25, 0.3) is 0 Å². The molecular weight excluding hydrogens is 240 g/mol. The summed E-state index contributed by atoms with van der Waals surface area (Å²) in [6, 6.07) is 8.69. The monoisotopic (exact) mass is 256 g/mol. The number of fused-ring (bicyclic) bond motifs is 1. The highest BCUT2D eigenvalue weighted by Crippen LogP contribution is 2.19. The maximum absolute atomic E-state index is 11.1. The summed E-state index contributed by atoms with van der Waals surface area (Å²) in [5.41, 5.74) is 2.20. The minimum atomic E-state index is -0.933. The minimum Gasteiger partial charge on any atom is -0.478 e. The lowest BCUT2D eigenvalue weighted by molar-refractivity contribution is 0.0699. The van der Waals surface area contributed by atoms with Crippen molar-refractivity contribution in [1.29, 1.82) is 0 Å². The molecule has 0 amide bonds. The summed E-state index contributed by atoms with van der Waals surface area (Å²) in [5.74, 6) is -0.190. The molecule has 0 unspecified atom stereocenters. The zero-order valence-electron chi connectivity index (χ0n) is 11.0. The molecule has 0 aliphatic heterocycles. The Hall–Kier alpha value is -2.36. The van der Waals surface area contributed by atoms with E-state index in [1.807, 2.05) is 19.9 Å². The van der Waals surface area contributed by atoms with Crippen LogP contribution < -0.4 is 5.32 Å². The summed E-state index contributed by atoms with van der Waals surface area (Å²) in [6.07, 6.45) is 2.07. The largest absolute Gasteiger partial charge is 0.478 e. The highest BCUT2D eigenvalue weighted by atomic mass is 16.4. The molecule has 0 radical (unpaired) electrons. The van der Waals surface area contributed by atoms with Gasteiger partial charge in [0.15, 0.2) is 0 Å². The SMILES string of the molecule is CC(C)=CCNc1ccc2c(C(=O)O)cccc2n1. The molecule has 19 heavy (non-hydrogen) atoms. The van der Waals surface area contributed by atoms with Gasteiger partial charge in [0.2, 0.25) is 0 Å². The van der Waals surface area contributed by atoms with E-state index in [0.717, 1.165) is 5.82 Å². The Morgan fingerprint density at radius 2 is 2.11 bits per heavy atom. The molecule has 0 aliphatic carbocycles. The molecule has 1 aromatic carbocycles.